The van der Waals surface area contributed by atoms with Crippen LogP contribution in [0, 0.1) is 0 Å². The number of H-pyrrole nitrogens is 1. The molecule has 0 amide bonds. The first kappa shape index (κ1) is 16.3. The maximum atomic E-state index is 5.69. The first-order valence-corrected chi connectivity index (χ1v) is 9.63. The van der Waals surface area contributed by atoms with Crippen LogP contribution in [0.15, 0.2) is 67.1 Å². The van der Waals surface area contributed by atoms with E-state index in [0.29, 0.717) is 5.92 Å². The summed E-state index contributed by atoms with van der Waals surface area (Å²) in [5.41, 5.74) is 6.16. The lowest BCUT2D eigenvalue weighted by Crippen LogP contribution is -2.10. The second kappa shape index (κ2) is 7.05. The second-order valence-corrected chi connectivity index (χ2v) is 7.21. The van der Waals surface area contributed by atoms with Gasteiger partial charge in [-0.2, -0.15) is 0 Å². The Morgan fingerprint density at radius 1 is 1.07 bits per heavy atom. The van der Waals surface area contributed by atoms with Gasteiger partial charge in [-0.3, -0.25) is 0 Å². The van der Waals surface area contributed by atoms with Crippen molar-refractivity contribution in [3.8, 4) is 11.3 Å². The summed E-state index contributed by atoms with van der Waals surface area (Å²) >= 11 is 0. The molecule has 1 aliphatic rings. The van der Waals surface area contributed by atoms with Crippen LogP contribution >= 0.6 is 0 Å². The Bertz CT molecular complexity index is 1040. The molecule has 4 aromatic rings. The zero-order valence-corrected chi connectivity index (χ0v) is 15.3. The van der Waals surface area contributed by atoms with Crippen LogP contribution in [0.4, 0.5) is 0 Å². The van der Waals surface area contributed by atoms with Crippen LogP contribution < -0.4 is 0 Å². The number of hydrogen-bond donors (Lipinski definition) is 1. The van der Waals surface area contributed by atoms with Gasteiger partial charge < -0.3 is 14.3 Å². The van der Waals surface area contributed by atoms with Crippen LogP contribution in [0.1, 0.15) is 23.6 Å². The number of para-hydroxylation sites is 1. The van der Waals surface area contributed by atoms with E-state index in [1.54, 1.807) is 0 Å². The van der Waals surface area contributed by atoms with Crippen molar-refractivity contribution >= 4 is 10.9 Å². The van der Waals surface area contributed by atoms with Crippen molar-refractivity contribution < 1.29 is 4.74 Å². The van der Waals surface area contributed by atoms with Gasteiger partial charge in [-0.05, 0) is 24.5 Å². The van der Waals surface area contributed by atoms with Crippen LogP contribution in [0.2, 0.25) is 0 Å². The van der Waals surface area contributed by atoms with Gasteiger partial charge in [-0.25, -0.2) is 4.98 Å². The average molecular weight is 357 g/mol. The SMILES string of the molecule is c1ccc(-c2ncn(CCc3c[nH]c4ccccc34)c2[C@H]2CCOC2)cc1. The van der Waals surface area contributed by atoms with Gasteiger partial charge in [0.1, 0.15) is 0 Å². The number of benzene rings is 2. The van der Waals surface area contributed by atoms with Gasteiger partial charge in [-0.15, -0.1) is 0 Å². The predicted molar refractivity (Wildman–Crippen MR) is 108 cm³/mol. The Labute approximate surface area is 158 Å². The number of hydrogen-bond acceptors (Lipinski definition) is 2. The molecule has 1 saturated heterocycles. The van der Waals surface area contributed by atoms with Crippen molar-refractivity contribution in [1.29, 1.82) is 0 Å². The molecule has 5 rings (SSSR count). The molecule has 4 nitrogen and oxygen atoms in total. The first-order chi connectivity index (χ1) is 13.4. The van der Waals surface area contributed by atoms with Crippen LogP contribution in [0.25, 0.3) is 22.2 Å². The molecule has 1 N–H and O–H groups in total. The standard InChI is InChI=1S/C23H23N3O/c1-2-6-17(7-3-1)22-23(19-11-13-27-15-19)26(16-25-22)12-10-18-14-24-21-9-5-4-8-20(18)21/h1-9,14,16,19,24H,10-13,15H2/t19-/m0/s1. The van der Waals surface area contributed by atoms with Gasteiger partial charge in [0, 0.05) is 41.7 Å². The van der Waals surface area contributed by atoms with E-state index in [1.807, 2.05) is 6.33 Å². The van der Waals surface area contributed by atoms with Crippen molar-refractivity contribution in [3.63, 3.8) is 0 Å². The van der Waals surface area contributed by atoms with Gasteiger partial charge in [-0.1, -0.05) is 48.5 Å². The highest BCUT2D eigenvalue weighted by Crippen LogP contribution is 2.33. The molecule has 1 aliphatic heterocycles. The second-order valence-electron chi connectivity index (χ2n) is 7.21. The van der Waals surface area contributed by atoms with E-state index in [0.717, 1.165) is 38.3 Å². The summed E-state index contributed by atoms with van der Waals surface area (Å²) in [5, 5.41) is 1.31. The minimum atomic E-state index is 0.422. The van der Waals surface area contributed by atoms with Crippen molar-refractivity contribution in [2.75, 3.05) is 13.2 Å². The number of aromatic amines is 1. The van der Waals surface area contributed by atoms with E-state index >= 15 is 0 Å². The fraction of sp³-hybridized carbons (Fsp3) is 0.261. The highest BCUT2D eigenvalue weighted by molar-refractivity contribution is 5.83. The van der Waals surface area contributed by atoms with Crippen LogP contribution in [0.5, 0.6) is 0 Å². The van der Waals surface area contributed by atoms with Gasteiger partial charge in [0.05, 0.1) is 24.3 Å². The normalized spacial score (nSPS) is 17.0. The van der Waals surface area contributed by atoms with E-state index in [9.17, 15) is 0 Å². The molecule has 0 bridgehead atoms. The number of nitrogens with one attached hydrogen (secondary N) is 1. The monoisotopic (exact) mass is 357 g/mol. The molecule has 136 valence electrons. The van der Waals surface area contributed by atoms with Crippen molar-refractivity contribution in [3.05, 3.63) is 78.4 Å². The molecule has 4 heteroatoms. The van der Waals surface area contributed by atoms with E-state index in [4.69, 9.17) is 9.72 Å². The van der Waals surface area contributed by atoms with Crippen LogP contribution in [-0.2, 0) is 17.7 Å². The van der Waals surface area contributed by atoms with E-state index in [2.05, 4.69) is 70.3 Å². The third kappa shape index (κ3) is 3.06. The van der Waals surface area contributed by atoms with E-state index in [-0.39, 0.29) is 0 Å². The lowest BCUT2D eigenvalue weighted by Gasteiger charge is -2.15. The van der Waals surface area contributed by atoms with E-state index < -0.39 is 0 Å². The number of ether oxygens (including phenoxy) is 1. The zero-order valence-electron chi connectivity index (χ0n) is 15.3. The molecule has 0 aliphatic carbocycles. The van der Waals surface area contributed by atoms with Crippen molar-refractivity contribution in [2.45, 2.75) is 25.3 Å². The number of fused-ring (bicyclic) bond motifs is 1. The third-order valence-electron chi connectivity index (χ3n) is 5.54. The molecule has 0 radical (unpaired) electrons. The molecule has 3 heterocycles. The Morgan fingerprint density at radius 2 is 1.93 bits per heavy atom. The summed E-state index contributed by atoms with van der Waals surface area (Å²) in [7, 11) is 0. The minimum Gasteiger partial charge on any atom is -0.381 e. The Morgan fingerprint density at radius 3 is 2.78 bits per heavy atom. The molecule has 0 unspecified atom stereocenters. The molecule has 1 atom stereocenters. The molecular weight excluding hydrogens is 334 g/mol. The largest absolute Gasteiger partial charge is 0.381 e. The highest BCUT2D eigenvalue weighted by Gasteiger charge is 2.25. The number of nitrogens with zero attached hydrogens (tertiary/aromatic N) is 2. The summed E-state index contributed by atoms with van der Waals surface area (Å²) in [6, 6.07) is 19.0. The van der Waals surface area contributed by atoms with E-state index in [1.165, 1.54) is 27.7 Å². The number of rotatable bonds is 5. The number of aromatic nitrogens is 3. The summed E-state index contributed by atoms with van der Waals surface area (Å²) in [5.74, 6) is 0.422. The zero-order chi connectivity index (χ0) is 18.1. The Hall–Kier alpha value is -2.85. The molecule has 27 heavy (non-hydrogen) atoms. The highest BCUT2D eigenvalue weighted by atomic mass is 16.5. The third-order valence-corrected chi connectivity index (χ3v) is 5.54. The summed E-state index contributed by atoms with van der Waals surface area (Å²) < 4.78 is 8.03. The molecular formula is C23H23N3O. The van der Waals surface area contributed by atoms with Gasteiger partial charge >= 0.3 is 0 Å². The number of aryl methyl sites for hydroxylation is 2. The maximum Gasteiger partial charge on any atom is 0.0956 e. The van der Waals surface area contributed by atoms with Crippen molar-refractivity contribution in [2.24, 2.45) is 0 Å². The van der Waals surface area contributed by atoms with Crippen LogP contribution in [-0.4, -0.2) is 27.7 Å². The van der Waals surface area contributed by atoms with Crippen molar-refractivity contribution in [1.82, 2.24) is 14.5 Å². The quantitative estimate of drug-likeness (QED) is 0.559. The summed E-state index contributed by atoms with van der Waals surface area (Å²) in [6.07, 6.45) is 6.19. The molecule has 2 aromatic carbocycles. The lowest BCUT2D eigenvalue weighted by molar-refractivity contribution is 0.193. The Kier molecular flexibility index (Phi) is 4.26. The fourth-order valence-electron chi connectivity index (χ4n) is 4.15. The van der Waals surface area contributed by atoms with Gasteiger partial charge in [0.2, 0.25) is 0 Å². The lowest BCUT2D eigenvalue weighted by atomic mass is 9.99. The fourth-order valence-corrected chi connectivity index (χ4v) is 4.15. The van der Waals surface area contributed by atoms with Crippen LogP contribution in [0.3, 0.4) is 0 Å². The summed E-state index contributed by atoms with van der Waals surface area (Å²) in [6.45, 7) is 2.55. The minimum absolute atomic E-state index is 0.422. The molecule has 0 spiro atoms. The van der Waals surface area contributed by atoms with Gasteiger partial charge in [0.25, 0.3) is 0 Å². The molecule has 0 saturated carbocycles. The Balaban J connectivity index is 1.47. The number of imidazole rings is 1. The smallest absolute Gasteiger partial charge is 0.0956 e. The summed E-state index contributed by atoms with van der Waals surface area (Å²) in [4.78, 5) is 8.17. The average Bonchev–Trinajstić information content (AvgIpc) is 3.46. The predicted octanol–water partition coefficient (Wildman–Crippen LogP) is 4.78. The molecule has 1 fully saturated rings. The maximum absolute atomic E-state index is 5.69. The van der Waals surface area contributed by atoms with Gasteiger partial charge in [0.15, 0.2) is 0 Å². The topological polar surface area (TPSA) is 42.8 Å². The first-order valence-electron chi connectivity index (χ1n) is 9.63. The molecule has 2 aromatic heterocycles.